The zero-order chi connectivity index (χ0) is 34.7. The van der Waals surface area contributed by atoms with E-state index in [1.54, 1.807) is 6.07 Å². The highest BCUT2D eigenvalue weighted by Crippen LogP contribution is 2.33. The Morgan fingerprint density at radius 2 is 1.34 bits per heavy atom. The standard InChI is InChI=1S/C17H18F2N4O2S.C12H8ClF2N3O2S/c1-26(24,25)13-8-6-12(7-9-13)23-17(21-11-4-2-3-5-11)14(10-20)15(22-23)16(18)19;1-21(19,20)8-4-2-3-7(5-8)18-11(13)9(6-16)10(17-18)12(14)15/h6-9,11,16,21H,2-5H2,1H3;2-5,12H,1H3. The first kappa shape index (κ1) is 35.4. The molecule has 0 unspecified atom stereocenters. The van der Waals surface area contributed by atoms with E-state index in [4.69, 9.17) is 16.9 Å². The minimum Gasteiger partial charge on any atom is -0.366 e. The lowest BCUT2D eigenvalue weighted by molar-refractivity contribution is 0.144. The van der Waals surface area contributed by atoms with Crippen molar-refractivity contribution in [3.05, 3.63) is 76.2 Å². The van der Waals surface area contributed by atoms with Crippen LogP contribution in [0.1, 0.15) is 61.0 Å². The zero-order valence-corrected chi connectivity index (χ0v) is 27.1. The van der Waals surface area contributed by atoms with Crippen LogP contribution in [0.15, 0.2) is 58.3 Å². The van der Waals surface area contributed by atoms with Crippen molar-refractivity contribution in [2.45, 2.75) is 54.4 Å². The van der Waals surface area contributed by atoms with Crippen LogP contribution >= 0.6 is 11.6 Å². The van der Waals surface area contributed by atoms with Crippen molar-refractivity contribution < 1.29 is 34.4 Å². The van der Waals surface area contributed by atoms with E-state index in [9.17, 15) is 39.7 Å². The van der Waals surface area contributed by atoms with E-state index in [2.05, 4.69) is 15.5 Å². The molecular formula is C29H26ClF4N7O4S2. The van der Waals surface area contributed by atoms with Crippen LogP contribution in [-0.4, -0.2) is 54.9 Å². The number of nitrogens with one attached hydrogen (secondary N) is 1. The van der Waals surface area contributed by atoms with Gasteiger partial charge in [-0.3, -0.25) is 0 Å². The summed E-state index contributed by atoms with van der Waals surface area (Å²) >= 11 is 5.87. The van der Waals surface area contributed by atoms with Crippen molar-refractivity contribution in [1.82, 2.24) is 19.6 Å². The summed E-state index contributed by atoms with van der Waals surface area (Å²) in [6.07, 6.45) is 0.131. The summed E-state index contributed by atoms with van der Waals surface area (Å²) in [5.41, 5.74) is -1.37. The number of benzene rings is 2. The quantitative estimate of drug-likeness (QED) is 0.210. The van der Waals surface area contributed by atoms with Gasteiger partial charge in [-0.1, -0.05) is 30.5 Å². The van der Waals surface area contributed by atoms with Crippen molar-refractivity contribution in [3.63, 3.8) is 0 Å². The molecule has 47 heavy (non-hydrogen) atoms. The van der Waals surface area contributed by atoms with Gasteiger partial charge in [-0.15, -0.1) is 0 Å². The molecule has 0 amide bonds. The molecule has 2 heterocycles. The molecule has 1 saturated carbocycles. The molecule has 4 aromatic rings. The number of halogens is 5. The minimum atomic E-state index is -3.47. The largest absolute Gasteiger partial charge is 0.366 e. The van der Waals surface area contributed by atoms with Gasteiger partial charge in [-0.05, 0) is 55.3 Å². The number of aromatic nitrogens is 4. The van der Waals surface area contributed by atoms with E-state index in [-0.39, 0.29) is 38.1 Å². The second kappa shape index (κ2) is 14.1. The lowest BCUT2D eigenvalue weighted by atomic mass is 10.2. The Hall–Kier alpha value is -4.45. The monoisotopic (exact) mass is 711 g/mol. The first-order valence-electron chi connectivity index (χ1n) is 13.7. The fourth-order valence-corrected chi connectivity index (χ4v) is 6.37. The summed E-state index contributed by atoms with van der Waals surface area (Å²) in [6, 6.07) is 14.7. The third kappa shape index (κ3) is 7.93. The maximum Gasteiger partial charge on any atom is 0.283 e. The third-order valence-electron chi connectivity index (χ3n) is 7.10. The van der Waals surface area contributed by atoms with Gasteiger partial charge in [0.1, 0.15) is 40.5 Å². The Morgan fingerprint density at radius 1 is 0.809 bits per heavy atom. The van der Waals surface area contributed by atoms with Crippen molar-refractivity contribution >= 4 is 37.1 Å². The Morgan fingerprint density at radius 3 is 1.83 bits per heavy atom. The predicted octanol–water partition coefficient (Wildman–Crippen LogP) is 6.18. The normalized spacial score (nSPS) is 13.7. The summed E-state index contributed by atoms with van der Waals surface area (Å²) < 4.78 is 101. The molecule has 11 nitrogen and oxygen atoms in total. The molecule has 0 spiro atoms. The van der Waals surface area contributed by atoms with Crippen LogP contribution in [-0.2, 0) is 19.7 Å². The average molecular weight is 712 g/mol. The summed E-state index contributed by atoms with van der Waals surface area (Å²) in [5.74, 6) is 0.224. The topological polar surface area (TPSA) is 164 Å². The minimum absolute atomic E-state index is 0.0105. The Kier molecular flexibility index (Phi) is 10.6. The molecular weight excluding hydrogens is 686 g/mol. The van der Waals surface area contributed by atoms with Crippen LogP contribution < -0.4 is 5.32 Å². The van der Waals surface area contributed by atoms with E-state index in [0.717, 1.165) is 42.9 Å². The third-order valence-corrected chi connectivity index (χ3v) is 9.69. The SMILES string of the molecule is CS(=O)(=O)c1ccc(-n2nc(C(F)F)c(C#N)c2NC2CCCC2)cc1.CS(=O)(=O)c1cccc(-n2nc(C(F)F)c(C#N)c2Cl)c1. The van der Waals surface area contributed by atoms with Crippen LogP contribution in [0.5, 0.6) is 0 Å². The number of anilines is 1. The van der Waals surface area contributed by atoms with Gasteiger partial charge in [0, 0.05) is 18.6 Å². The molecule has 0 radical (unpaired) electrons. The van der Waals surface area contributed by atoms with Crippen molar-refractivity contribution in [3.8, 4) is 23.5 Å². The van der Waals surface area contributed by atoms with Crippen LogP contribution in [0.2, 0.25) is 5.15 Å². The van der Waals surface area contributed by atoms with Gasteiger partial charge in [-0.2, -0.15) is 20.7 Å². The van der Waals surface area contributed by atoms with Crippen LogP contribution in [0, 0.1) is 22.7 Å². The molecule has 0 aliphatic heterocycles. The van der Waals surface area contributed by atoms with Crippen LogP contribution in [0.3, 0.4) is 0 Å². The second-order valence-electron chi connectivity index (χ2n) is 10.5. The van der Waals surface area contributed by atoms with Crippen molar-refractivity contribution in [1.29, 1.82) is 10.5 Å². The molecule has 1 N–H and O–H groups in total. The fourth-order valence-electron chi connectivity index (χ4n) is 4.80. The van der Waals surface area contributed by atoms with Gasteiger partial charge in [0.15, 0.2) is 24.8 Å². The van der Waals surface area contributed by atoms with E-state index >= 15 is 0 Å². The summed E-state index contributed by atoms with van der Waals surface area (Å²) in [6.45, 7) is 0. The Balaban J connectivity index is 0.000000218. The second-order valence-corrected chi connectivity index (χ2v) is 14.9. The zero-order valence-electron chi connectivity index (χ0n) is 24.7. The molecule has 248 valence electrons. The average Bonchev–Trinajstić information content (AvgIpc) is 3.74. The molecule has 0 bridgehead atoms. The maximum absolute atomic E-state index is 13.3. The molecule has 2 aromatic heterocycles. The first-order chi connectivity index (χ1) is 22.1. The van der Waals surface area contributed by atoms with Gasteiger partial charge in [0.05, 0.1) is 21.2 Å². The number of alkyl halides is 4. The Bertz CT molecular complexity index is 2080. The number of hydrogen-bond donors (Lipinski definition) is 1. The number of hydrogen-bond acceptors (Lipinski definition) is 9. The maximum atomic E-state index is 13.3. The van der Waals surface area contributed by atoms with Crippen LogP contribution in [0.4, 0.5) is 23.4 Å². The number of nitrogens with zero attached hydrogens (tertiary/aromatic N) is 6. The number of rotatable bonds is 8. The molecule has 1 aliphatic rings. The lowest BCUT2D eigenvalue weighted by Gasteiger charge is -2.15. The van der Waals surface area contributed by atoms with Gasteiger partial charge < -0.3 is 5.32 Å². The van der Waals surface area contributed by atoms with Crippen LogP contribution in [0.25, 0.3) is 11.4 Å². The summed E-state index contributed by atoms with van der Waals surface area (Å²) in [4.78, 5) is 0.108. The molecule has 18 heteroatoms. The highest BCUT2D eigenvalue weighted by molar-refractivity contribution is 7.91. The van der Waals surface area contributed by atoms with Crippen molar-refractivity contribution in [2.75, 3.05) is 17.8 Å². The van der Waals surface area contributed by atoms with Crippen molar-refractivity contribution in [2.24, 2.45) is 0 Å². The highest BCUT2D eigenvalue weighted by Gasteiger charge is 2.28. The van der Waals surface area contributed by atoms with Gasteiger partial charge >= 0.3 is 0 Å². The van der Waals surface area contributed by atoms with Gasteiger partial charge in [0.25, 0.3) is 12.9 Å². The summed E-state index contributed by atoms with van der Waals surface area (Å²) in [5, 5.41) is 28.6. The highest BCUT2D eigenvalue weighted by atomic mass is 35.5. The smallest absolute Gasteiger partial charge is 0.283 e. The van der Waals surface area contributed by atoms with E-state index in [1.807, 2.05) is 6.07 Å². The fraction of sp³-hybridized carbons (Fsp3) is 0.310. The Labute approximate surface area is 272 Å². The molecule has 0 atom stereocenters. The number of nitriles is 2. The van der Waals surface area contributed by atoms with Gasteiger partial charge in [-0.25, -0.2) is 43.8 Å². The number of sulfone groups is 2. The molecule has 1 fully saturated rings. The summed E-state index contributed by atoms with van der Waals surface area (Å²) in [7, 11) is -6.84. The van der Waals surface area contributed by atoms with E-state index in [1.165, 1.54) is 53.2 Å². The lowest BCUT2D eigenvalue weighted by Crippen LogP contribution is -2.18. The molecule has 5 rings (SSSR count). The predicted molar refractivity (Wildman–Crippen MR) is 164 cm³/mol. The molecule has 2 aromatic carbocycles. The van der Waals surface area contributed by atoms with E-state index < -0.39 is 49.5 Å². The molecule has 1 aliphatic carbocycles. The van der Waals surface area contributed by atoms with E-state index in [0.29, 0.717) is 5.69 Å². The molecule has 0 saturated heterocycles. The first-order valence-corrected chi connectivity index (χ1v) is 17.9. The van der Waals surface area contributed by atoms with Gasteiger partial charge in [0.2, 0.25) is 0 Å².